The van der Waals surface area contributed by atoms with E-state index in [2.05, 4.69) is 9.44 Å². The van der Waals surface area contributed by atoms with Crippen molar-refractivity contribution in [1.82, 2.24) is 9.44 Å². The summed E-state index contributed by atoms with van der Waals surface area (Å²) in [6.07, 6.45) is 1.98. The summed E-state index contributed by atoms with van der Waals surface area (Å²) in [7, 11) is -3.54. The molecule has 88 valence electrons. The molecule has 0 heterocycles. The van der Waals surface area contributed by atoms with Gasteiger partial charge in [-0.2, -0.15) is 17.9 Å². The van der Waals surface area contributed by atoms with Gasteiger partial charge in [-0.05, 0) is 19.3 Å². The molecule has 0 aromatic rings. The maximum absolute atomic E-state index is 11.4. The number of rotatable bonds is 7. The number of aliphatic carboxylic acids is 1. The van der Waals surface area contributed by atoms with Gasteiger partial charge in [-0.1, -0.05) is 6.92 Å². The van der Waals surface area contributed by atoms with E-state index in [1.807, 2.05) is 0 Å². The summed E-state index contributed by atoms with van der Waals surface area (Å²) in [6, 6.07) is -0.511. The SMILES string of the molecule is CCC(CC(=O)O)NS(=O)(=O)NC1CC1. The Morgan fingerprint density at radius 1 is 1.53 bits per heavy atom. The highest BCUT2D eigenvalue weighted by molar-refractivity contribution is 7.87. The second-order valence-electron chi connectivity index (χ2n) is 3.72. The van der Waals surface area contributed by atoms with Crippen LogP contribution in [0, 0.1) is 0 Å². The van der Waals surface area contributed by atoms with Crippen molar-refractivity contribution >= 4 is 16.2 Å². The minimum Gasteiger partial charge on any atom is -0.481 e. The number of carboxylic acids is 1. The Labute approximate surface area is 89.2 Å². The Kier molecular flexibility index (Phi) is 4.06. The summed E-state index contributed by atoms with van der Waals surface area (Å²) in [5.41, 5.74) is 0. The van der Waals surface area contributed by atoms with Crippen molar-refractivity contribution in [3.63, 3.8) is 0 Å². The van der Waals surface area contributed by atoms with Crippen LogP contribution in [0.15, 0.2) is 0 Å². The van der Waals surface area contributed by atoms with Gasteiger partial charge in [0.25, 0.3) is 10.2 Å². The standard InChI is InChI=1S/C8H16N2O4S/c1-2-6(5-8(11)12)9-15(13,14)10-7-3-4-7/h6-7,9-10H,2-5H2,1H3,(H,11,12). The lowest BCUT2D eigenvalue weighted by molar-refractivity contribution is -0.137. The maximum atomic E-state index is 11.4. The molecule has 1 unspecified atom stereocenters. The van der Waals surface area contributed by atoms with Crippen molar-refractivity contribution in [3.8, 4) is 0 Å². The first-order chi connectivity index (χ1) is 6.93. The van der Waals surface area contributed by atoms with Crippen LogP contribution in [0.5, 0.6) is 0 Å². The Hall–Kier alpha value is -0.660. The molecule has 1 fully saturated rings. The third kappa shape index (κ3) is 5.10. The molecular formula is C8H16N2O4S. The number of carbonyl (C=O) groups is 1. The van der Waals surface area contributed by atoms with E-state index in [0.717, 1.165) is 12.8 Å². The molecule has 0 spiro atoms. The first kappa shape index (κ1) is 12.4. The molecule has 7 heteroatoms. The van der Waals surface area contributed by atoms with Crippen LogP contribution in [0.25, 0.3) is 0 Å². The second-order valence-corrected chi connectivity index (χ2v) is 5.19. The van der Waals surface area contributed by atoms with Gasteiger partial charge in [-0.3, -0.25) is 4.79 Å². The fraction of sp³-hybridized carbons (Fsp3) is 0.875. The molecule has 0 bridgehead atoms. The van der Waals surface area contributed by atoms with E-state index in [1.165, 1.54) is 0 Å². The molecule has 0 amide bonds. The van der Waals surface area contributed by atoms with Crippen molar-refractivity contribution in [3.05, 3.63) is 0 Å². The minimum absolute atomic E-state index is 0.0323. The topological polar surface area (TPSA) is 95.5 Å². The van der Waals surface area contributed by atoms with Gasteiger partial charge >= 0.3 is 5.97 Å². The molecule has 1 aliphatic carbocycles. The number of nitrogens with one attached hydrogen (secondary N) is 2. The molecule has 0 aromatic heterocycles. The summed E-state index contributed by atoms with van der Waals surface area (Å²) in [5, 5.41) is 8.55. The predicted octanol–water partition coefficient (Wildman–Crippen LogP) is -0.174. The fourth-order valence-corrected chi connectivity index (χ4v) is 2.59. The summed E-state index contributed by atoms with van der Waals surface area (Å²) >= 11 is 0. The average molecular weight is 236 g/mol. The monoisotopic (exact) mass is 236 g/mol. The van der Waals surface area contributed by atoms with Gasteiger partial charge in [-0.25, -0.2) is 0 Å². The third-order valence-corrected chi connectivity index (χ3v) is 3.42. The molecule has 0 aromatic carbocycles. The molecule has 0 saturated heterocycles. The van der Waals surface area contributed by atoms with Gasteiger partial charge in [0.05, 0.1) is 6.42 Å². The van der Waals surface area contributed by atoms with Crippen LogP contribution in [0.2, 0.25) is 0 Å². The van der Waals surface area contributed by atoms with Crippen molar-refractivity contribution in [2.75, 3.05) is 0 Å². The van der Waals surface area contributed by atoms with E-state index in [9.17, 15) is 13.2 Å². The summed E-state index contributed by atoms with van der Waals surface area (Å²) < 4.78 is 27.6. The largest absolute Gasteiger partial charge is 0.481 e. The molecule has 0 radical (unpaired) electrons. The van der Waals surface area contributed by atoms with E-state index in [1.54, 1.807) is 6.92 Å². The first-order valence-corrected chi connectivity index (χ1v) is 6.42. The smallest absolute Gasteiger partial charge is 0.304 e. The van der Waals surface area contributed by atoms with Crippen LogP contribution < -0.4 is 9.44 Å². The molecule has 1 saturated carbocycles. The molecular weight excluding hydrogens is 220 g/mol. The van der Waals surface area contributed by atoms with Crippen LogP contribution in [0.4, 0.5) is 0 Å². The van der Waals surface area contributed by atoms with Crippen LogP contribution in [0.3, 0.4) is 0 Å². The molecule has 1 atom stereocenters. The third-order valence-electron chi connectivity index (χ3n) is 2.13. The Bertz CT molecular complexity index is 324. The van der Waals surface area contributed by atoms with Crippen molar-refractivity contribution in [2.24, 2.45) is 0 Å². The van der Waals surface area contributed by atoms with E-state index >= 15 is 0 Å². The Balaban J connectivity index is 2.44. The quantitative estimate of drug-likeness (QED) is 0.571. The molecule has 3 N–H and O–H groups in total. The zero-order valence-electron chi connectivity index (χ0n) is 8.56. The minimum atomic E-state index is -3.54. The highest BCUT2D eigenvalue weighted by Gasteiger charge is 2.28. The highest BCUT2D eigenvalue weighted by atomic mass is 32.2. The normalized spacial score (nSPS) is 18.7. The van der Waals surface area contributed by atoms with Gasteiger partial charge in [0.15, 0.2) is 0 Å². The van der Waals surface area contributed by atoms with Gasteiger partial charge in [0, 0.05) is 12.1 Å². The average Bonchev–Trinajstić information content (AvgIpc) is 2.84. The van der Waals surface area contributed by atoms with Gasteiger partial charge in [-0.15, -0.1) is 0 Å². The Morgan fingerprint density at radius 3 is 2.53 bits per heavy atom. The fourth-order valence-electron chi connectivity index (χ4n) is 1.15. The van der Waals surface area contributed by atoms with Crippen molar-refractivity contribution in [2.45, 2.75) is 44.7 Å². The van der Waals surface area contributed by atoms with Crippen LogP contribution in [-0.2, 0) is 15.0 Å². The summed E-state index contributed by atoms with van der Waals surface area (Å²) in [5.74, 6) is -1.00. The maximum Gasteiger partial charge on any atom is 0.304 e. The van der Waals surface area contributed by atoms with E-state index in [4.69, 9.17) is 5.11 Å². The van der Waals surface area contributed by atoms with Crippen LogP contribution in [-0.4, -0.2) is 31.6 Å². The number of hydrogen-bond acceptors (Lipinski definition) is 3. The van der Waals surface area contributed by atoms with Crippen molar-refractivity contribution in [1.29, 1.82) is 0 Å². The lowest BCUT2D eigenvalue weighted by atomic mass is 10.2. The Morgan fingerprint density at radius 2 is 2.13 bits per heavy atom. The zero-order chi connectivity index (χ0) is 11.5. The van der Waals surface area contributed by atoms with Crippen LogP contribution in [0.1, 0.15) is 32.6 Å². The molecule has 0 aliphatic heterocycles. The van der Waals surface area contributed by atoms with Gasteiger partial charge < -0.3 is 5.11 Å². The van der Waals surface area contributed by atoms with E-state index in [-0.39, 0.29) is 12.5 Å². The summed E-state index contributed by atoms with van der Waals surface area (Å²) in [4.78, 5) is 10.4. The summed E-state index contributed by atoms with van der Waals surface area (Å²) in [6.45, 7) is 1.74. The van der Waals surface area contributed by atoms with E-state index < -0.39 is 22.2 Å². The number of hydrogen-bond donors (Lipinski definition) is 3. The highest BCUT2D eigenvalue weighted by Crippen LogP contribution is 2.19. The lowest BCUT2D eigenvalue weighted by Crippen LogP contribution is -2.44. The van der Waals surface area contributed by atoms with Gasteiger partial charge in [0.2, 0.25) is 0 Å². The zero-order valence-corrected chi connectivity index (χ0v) is 9.38. The molecule has 1 rings (SSSR count). The van der Waals surface area contributed by atoms with Crippen molar-refractivity contribution < 1.29 is 18.3 Å². The number of carboxylic acid groups (broad SMARTS) is 1. The molecule has 1 aliphatic rings. The molecule has 15 heavy (non-hydrogen) atoms. The lowest BCUT2D eigenvalue weighted by Gasteiger charge is -2.15. The molecule has 6 nitrogen and oxygen atoms in total. The predicted molar refractivity (Wildman–Crippen MR) is 54.5 cm³/mol. The van der Waals surface area contributed by atoms with Gasteiger partial charge in [0.1, 0.15) is 0 Å². The van der Waals surface area contributed by atoms with Crippen LogP contribution >= 0.6 is 0 Å². The second kappa shape index (κ2) is 4.91. The first-order valence-electron chi connectivity index (χ1n) is 4.94. The van der Waals surface area contributed by atoms with E-state index in [0.29, 0.717) is 6.42 Å².